The summed E-state index contributed by atoms with van der Waals surface area (Å²) in [6.45, 7) is 0.767. The molecule has 3 aromatic heterocycles. The summed E-state index contributed by atoms with van der Waals surface area (Å²) < 4.78 is 18.1. The lowest BCUT2D eigenvalue weighted by Gasteiger charge is -2.19. The van der Waals surface area contributed by atoms with Gasteiger partial charge < -0.3 is 14.9 Å². The van der Waals surface area contributed by atoms with E-state index in [-0.39, 0.29) is 17.8 Å². The van der Waals surface area contributed by atoms with Crippen molar-refractivity contribution in [1.82, 2.24) is 24.1 Å². The SMILES string of the molecule is Nc1nccc(-c2c(-c3ccc(F)cc3)nc3n2C(Cn2ccc4ccc(Cl)cc42)CC3)n1. The van der Waals surface area contributed by atoms with Crippen LogP contribution in [0.5, 0.6) is 0 Å². The Kier molecular flexibility index (Phi) is 4.66. The van der Waals surface area contributed by atoms with E-state index in [2.05, 4.69) is 31.4 Å². The van der Waals surface area contributed by atoms with Crippen LogP contribution >= 0.6 is 11.6 Å². The molecule has 0 bridgehead atoms. The van der Waals surface area contributed by atoms with Gasteiger partial charge in [-0.1, -0.05) is 17.7 Å². The van der Waals surface area contributed by atoms with E-state index in [1.54, 1.807) is 18.3 Å². The molecule has 6 rings (SSSR count). The first-order valence-corrected chi connectivity index (χ1v) is 11.1. The highest BCUT2D eigenvalue weighted by molar-refractivity contribution is 6.31. The minimum atomic E-state index is -0.283. The average molecular weight is 459 g/mol. The molecule has 1 aliphatic heterocycles. The lowest BCUT2D eigenvalue weighted by atomic mass is 10.1. The van der Waals surface area contributed by atoms with Crippen molar-refractivity contribution < 1.29 is 4.39 Å². The third-order valence-corrected chi connectivity index (χ3v) is 6.46. The maximum atomic E-state index is 13.6. The Morgan fingerprint density at radius 2 is 1.91 bits per heavy atom. The zero-order chi connectivity index (χ0) is 22.5. The summed E-state index contributed by atoms with van der Waals surface area (Å²) in [6, 6.07) is 16.4. The molecule has 1 atom stereocenters. The number of rotatable bonds is 4. The molecule has 4 heterocycles. The standard InChI is InChI=1S/C25H20ClFN6/c26-17-4-1-15-10-12-32(21(15)13-17)14-19-7-8-22-31-23(16-2-5-18(27)6-3-16)24(33(19)22)20-9-11-29-25(28)30-20/h1-6,9-13,19H,7-8,14H2,(H2,28,29,30). The van der Waals surface area contributed by atoms with Crippen LogP contribution in [-0.4, -0.2) is 24.1 Å². The Bertz CT molecular complexity index is 1490. The summed E-state index contributed by atoms with van der Waals surface area (Å²) in [6.07, 6.45) is 5.55. The van der Waals surface area contributed by atoms with Crippen molar-refractivity contribution in [3.63, 3.8) is 0 Å². The maximum absolute atomic E-state index is 13.6. The molecule has 2 aromatic carbocycles. The second-order valence-electron chi connectivity index (χ2n) is 8.27. The first-order chi connectivity index (χ1) is 16.1. The van der Waals surface area contributed by atoms with Crippen molar-refractivity contribution in [2.45, 2.75) is 25.4 Å². The number of halogens is 2. The number of hydrogen-bond acceptors (Lipinski definition) is 4. The number of imidazole rings is 1. The largest absolute Gasteiger partial charge is 0.368 e. The molecular weight excluding hydrogens is 439 g/mol. The molecule has 33 heavy (non-hydrogen) atoms. The van der Waals surface area contributed by atoms with Gasteiger partial charge in [-0.2, -0.15) is 0 Å². The smallest absolute Gasteiger partial charge is 0.220 e. The van der Waals surface area contributed by atoms with Crippen molar-refractivity contribution in [3.8, 4) is 22.6 Å². The number of nitrogens with two attached hydrogens (primary N) is 1. The van der Waals surface area contributed by atoms with E-state index in [4.69, 9.17) is 22.3 Å². The highest BCUT2D eigenvalue weighted by Crippen LogP contribution is 2.40. The fourth-order valence-corrected chi connectivity index (χ4v) is 4.92. The van der Waals surface area contributed by atoms with Crippen molar-refractivity contribution in [1.29, 1.82) is 0 Å². The molecule has 1 aliphatic rings. The monoisotopic (exact) mass is 458 g/mol. The van der Waals surface area contributed by atoms with E-state index in [9.17, 15) is 4.39 Å². The Morgan fingerprint density at radius 3 is 2.73 bits per heavy atom. The molecule has 8 heteroatoms. The number of aromatic nitrogens is 5. The van der Waals surface area contributed by atoms with Crippen molar-refractivity contribution >= 4 is 28.5 Å². The summed E-state index contributed by atoms with van der Waals surface area (Å²) in [5.41, 5.74) is 10.2. The normalized spacial score (nSPS) is 15.3. The zero-order valence-electron chi connectivity index (χ0n) is 17.6. The van der Waals surface area contributed by atoms with E-state index in [0.717, 1.165) is 53.1 Å². The molecule has 0 aliphatic carbocycles. The van der Waals surface area contributed by atoms with Gasteiger partial charge in [0.1, 0.15) is 11.6 Å². The first kappa shape index (κ1) is 19.9. The third kappa shape index (κ3) is 3.45. The molecule has 0 saturated carbocycles. The van der Waals surface area contributed by atoms with Gasteiger partial charge >= 0.3 is 0 Å². The molecule has 164 valence electrons. The number of anilines is 1. The highest BCUT2D eigenvalue weighted by Gasteiger charge is 2.31. The lowest BCUT2D eigenvalue weighted by molar-refractivity contribution is 0.459. The number of benzene rings is 2. The Balaban J connectivity index is 1.49. The number of aryl methyl sites for hydroxylation is 1. The van der Waals surface area contributed by atoms with Crippen molar-refractivity contribution in [2.75, 3.05) is 5.73 Å². The Labute approximate surface area is 194 Å². The lowest BCUT2D eigenvalue weighted by Crippen LogP contribution is -2.13. The van der Waals surface area contributed by atoms with Gasteiger partial charge in [-0.05, 0) is 60.3 Å². The van der Waals surface area contributed by atoms with Crippen LogP contribution in [0.25, 0.3) is 33.5 Å². The van der Waals surface area contributed by atoms with Crippen LogP contribution in [0.1, 0.15) is 18.3 Å². The van der Waals surface area contributed by atoms with Gasteiger partial charge in [0.05, 0.1) is 23.1 Å². The minimum absolute atomic E-state index is 0.169. The van der Waals surface area contributed by atoms with Crippen LogP contribution in [0.2, 0.25) is 5.02 Å². The molecule has 0 saturated heterocycles. The first-order valence-electron chi connectivity index (χ1n) is 10.8. The summed E-state index contributed by atoms with van der Waals surface area (Å²) in [7, 11) is 0. The van der Waals surface area contributed by atoms with Gasteiger partial charge in [0.2, 0.25) is 5.95 Å². The maximum Gasteiger partial charge on any atom is 0.220 e. The van der Waals surface area contributed by atoms with E-state index in [1.807, 2.05) is 24.3 Å². The molecule has 0 fully saturated rings. The van der Waals surface area contributed by atoms with E-state index in [1.165, 1.54) is 12.1 Å². The molecule has 0 radical (unpaired) electrons. The summed E-state index contributed by atoms with van der Waals surface area (Å²) in [5.74, 6) is 0.907. The molecular formula is C25H20ClFN6. The second kappa shape index (κ2) is 7.71. The quantitative estimate of drug-likeness (QED) is 0.384. The molecule has 5 aromatic rings. The minimum Gasteiger partial charge on any atom is -0.368 e. The van der Waals surface area contributed by atoms with Crippen LogP contribution < -0.4 is 5.73 Å². The van der Waals surface area contributed by atoms with Gasteiger partial charge in [0.25, 0.3) is 0 Å². The zero-order valence-corrected chi connectivity index (χ0v) is 18.4. The van der Waals surface area contributed by atoms with Gasteiger partial charge in [-0.3, -0.25) is 0 Å². The second-order valence-corrected chi connectivity index (χ2v) is 8.70. The third-order valence-electron chi connectivity index (χ3n) is 6.23. The van der Waals surface area contributed by atoms with Crippen LogP contribution in [0.4, 0.5) is 10.3 Å². The van der Waals surface area contributed by atoms with E-state index in [0.29, 0.717) is 10.7 Å². The highest BCUT2D eigenvalue weighted by atomic mass is 35.5. The summed E-state index contributed by atoms with van der Waals surface area (Å²) in [5, 5.41) is 1.87. The molecule has 2 N–H and O–H groups in total. The van der Waals surface area contributed by atoms with Crippen molar-refractivity contribution in [2.24, 2.45) is 0 Å². The predicted molar refractivity (Wildman–Crippen MR) is 127 cm³/mol. The molecule has 0 amide bonds. The predicted octanol–water partition coefficient (Wildman–Crippen LogP) is 5.52. The summed E-state index contributed by atoms with van der Waals surface area (Å²) in [4.78, 5) is 13.5. The Morgan fingerprint density at radius 1 is 1.06 bits per heavy atom. The molecule has 1 unspecified atom stereocenters. The fourth-order valence-electron chi connectivity index (χ4n) is 4.75. The van der Waals surface area contributed by atoms with Gasteiger partial charge in [0.15, 0.2) is 0 Å². The number of nitrogen functional groups attached to an aromatic ring is 1. The van der Waals surface area contributed by atoms with Gasteiger partial charge in [-0.25, -0.2) is 19.3 Å². The van der Waals surface area contributed by atoms with Crippen LogP contribution in [0.3, 0.4) is 0 Å². The van der Waals surface area contributed by atoms with Gasteiger partial charge in [-0.15, -0.1) is 0 Å². The number of hydrogen-bond donors (Lipinski definition) is 1. The van der Waals surface area contributed by atoms with E-state index >= 15 is 0 Å². The van der Waals surface area contributed by atoms with Gasteiger partial charge in [0, 0.05) is 41.5 Å². The average Bonchev–Trinajstić information content (AvgIpc) is 3.49. The van der Waals surface area contributed by atoms with Crippen LogP contribution in [-0.2, 0) is 13.0 Å². The van der Waals surface area contributed by atoms with Crippen LogP contribution in [0.15, 0.2) is 67.0 Å². The molecule has 0 spiro atoms. The number of nitrogens with zero attached hydrogens (tertiary/aromatic N) is 5. The number of fused-ring (bicyclic) bond motifs is 2. The topological polar surface area (TPSA) is 74.5 Å². The fraction of sp³-hybridized carbons (Fsp3) is 0.160. The van der Waals surface area contributed by atoms with E-state index < -0.39 is 0 Å². The Hall–Kier alpha value is -3.71. The molecule has 6 nitrogen and oxygen atoms in total. The van der Waals surface area contributed by atoms with Crippen molar-refractivity contribution in [3.05, 3.63) is 83.7 Å². The van der Waals surface area contributed by atoms with Crippen LogP contribution in [0, 0.1) is 5.82 Å². The summed E-state index contributed by atoms with van der Waals surface area (Å²) >= 11 is 6.27.